The lowest BCUT2D eigenvalue weighted by Gasteiger charge is -2.18. The molecule has 2 aromatic rings. The summed E-state index contributed by atoms with van der Waals surface area (Å²) in [7, 11) is 1.83. The van der Waals surface area contributed by atoms with Crippen molar-refractivity contribution < 1.29 is 4.79 Å². The fourth-order valence-electron chi connectivity index (χ4n) is 1.87. The number of carbonyl (C=O) groups is 1. The van der Waals surface area contributed by atoms with Gasteiger partial charge in [0.05, 0.1) is 5.69 Å². The van der Waals surface area contributed by atoms with Crippen LogP contribution in [0.5, 0.6) is 0 Å². The Morgan fingerprint density at radius 2 is 1.81 bits per heavy atom. The first kappa shape index (κ1) is 10.7. The van der Waals surface area contributed by atoms with Crippen molar-refractivity contribution in [1.82, 2.24) is 0 Å². The van der Waals surface area contributed by atoms with Gasteiger partial charge in [0.15, 0.2) is 0 Å². The maximum absolute atomic E-state index is 11.7. The molecule has 2 nitrogen and oxygen atoms in total. The second-order valence-electron chi connectivity index (χ2n) is 3.80. The molecule has 82 valence electrons. The van der Waals surface area contributed by atoms with E-state index in [0.29, 0.717) is 6.42 Å². The van der Waals surface area contributed by atoms with E-state index in [2.05, 4.69) is 12.1 Å². The molecule has 0 saturated heterocycles. The smallest absolute Gasteiger partial charge is 0.226 e. The van der Waals surface area contributed by atoms with Crippen LogP contribution in [0.3, 0.4) is 0 Å². The Morgan fingerprint density at radius 1 is 1.12 bits per heavy atom. The van der Waals surface area contributed by atoms with Gasteiger partial charge in [0.1, 0.15) is 0 Å². The van der Waals surface area contributed by atoms with Gasteiger partial charge in [-0.05, 0) is 11.5 Å². The molecule has 2 aromatic carbocycles. The lowest BCUT2D eigenvalue weighted by atomic mass is 10.1. The van der Waals surface area contributed by atoms with Gasteiger partial charge in [-0.3, -0.25) is 4.79 Å². The van der Waals surface area contributed by atoms with Crippen LogP contribution in [-0.4, -0.2) is 13.0 Å². The van der Waals surface area contributed by atoms with Crippen LogP contribution in [0.2, 0.25) is 0 Å². The molecule has 0 atom stereocenters. The van der Waals surface area contributed by atoms with Crippen LogP contribution >= 0.6 is 0 Å². The first-order chi connectivity index (χ1) is 7.74. The zero-order valence-electron chi connectivity index (χ0n) is 9.60. The third-order valence-electron chi connectivity index (χ3n) is 2.80. The topological polar surface area (TPSA) is 20.3 Å². The van der Waals surface area contributed by atoms with E-state index >= 15 is 0 Å². The quantitative estimate of drug-likeness (QED) is 0.750. The molecule has 0 saturated carbocycles. The Labute approximate surface area is 95.5 Å². The van der Waals surface area contributed by atoms with E-state index < -0.39 is 0 Å². The van der Waals surface area contributed by atoms with Crippen LogP contribution in [0.15, 0.2) is 42.5 Å². The van der Waals surface area contributed by atoms with Gasteiger partial charge in [-0.15, -0.1) is 0 Å². The number of carbonyl (C=O) groups excluding carboxylic acids is 1. The van der Waals surface area contributed by atoms with E-state index in [-0.39, 0.29) is 5.91 Å². The van der Waals surface area contributed by atoms with Gasteiger partial charge in [0, 0.05) is 18.9 Å². The van der Waals surface area contributed by atoms with Gasteiger partial charge in [0.2, 0.25) is 5.91 Å². The number of hydrogen-bond donors (Lipinski definition) is 0. The summed E-state index contributed by atoms with van der Waals surface area (Å²) in [6.07, 6.45) is 0.528. The van der Waals surface area contributed by atoms with Crippen molar-refractivity contribution in [3.8, 4) is 0 Å². The maximum Gasteiger partial charge on any atom is 0.226 e. The van der Waals surface area contributed by atoms with Gasteiger partial charge in [0.25, 0.3) is 0 Å². The highest BCUT2D eigenvalue weighted by Gasteiger charge is 2.10. The molecule has 1 amide bonds. The van der Waals surface area contributed by atoms with E-state index in [1.165, 1.54) is 0 Å². The molecule has 0 aliphatic carbocycles. The number of hydrogen-bond acceptors (Lipinski definition) is 1. The van der Waals surface area contributed by atoms with Crippen molar-refractivity contribution in [1.29, 1.82) is 0 Å². The molecule has 0 aromatic heterocycles. The van der Waals surface area contributed by atoms with Gasteiger partial charge < -0.3 is 4.90 Å². The predicted octanol–water partition coefficient (Wildman–Crippen LogP) is 3.21. The molecule has 0 radical (unpaired) electrons. The number of benzene rings is 2. The lowest BCUT2D eigenvalue weighted by Crippen LogP contribution is -2.25. The summed E-state index contributed by atoms with van der Waals surface area (Å²) in [5, 5.41) is 2.28. The molecular formula is C14H15NO. The number of fused-ring (bicyclic) bond motifs is 1. The normalized spacial score (nSPS) is 10.4. The largest absolute Gasteiger partial charge is 0.315 e. The fraction of sp³-hybridized carbons (Fsp3) is 0.214. The molecule has 2 heteroatoms. The van der Waals surface area contributed by atoms with Crippen LogP contribution in [0, 0.1) is 0 Å². The molecule has 0 spiro atoms. The molecule has 0 fully saturated rings. The minimum Gasteiger partial charge on any atom is -0.315 e. The molecule has 0 bridgehead atoms. The van der Waals surface area contributed by atoms with Crippen molar-refractivity contribution in [3.05, 3.63) is 42.5 Å². The number of anilines is 1. The Morgan fingerprint density at radius 3 is 2.56 bits per heavy atom. The summed E-state index contributed by atoms with van der Waals surface area (Å²) >= 11 is 0. The van der Waals surface area contributed by atoms with Crippen molar-refractivity contribution in [3.63, 3.8) is 0 Å². The van der Waals surface area contributed by atoms with Crippen LogP contribution < -0.4 is 4.90 Å². The summed E-state index contributed by atoms with van der Waals surface area (Å²) in [6.45, 7) is 1.88. The van der Waals surface area contributed by atoms with Gasteiger partial charge in [-0.25, -0.2) is 0 Å². The molecule has 0 N–H and O–H groups in total. The lowest BCUT2D eigenvalue weighted by molar-refractivity contribution is -0.118. The van der Waals surface area contributed by atoms with Crippen molar-refractivity contribution in [2.45, 2.75) is 13.3 Å². The van der Waals surface area contributed by atoms with Crippen LogP contribution in [-0.2, 0) is 4.79 Å². The zero-order chi connectivity index (χ0) is 11.5. The minimum absolute atomic E-state index is 0.136. The Kier molecular flexibility index (Phi) is 2.91. The van der Waals surface area contributed by atoms with Crippen LogP contribution in [0.4, 0.5) is 5.69 Å². The SMILES string of the molecule is CCC(=O)N(C)c1cccc2ccccc12. The molecule has 0 aliphatic heterocycles. The average Bonchev–Trinajstić information content (AvgIpc) is 2.36. The Bertz CT molecular complexity index is 514. The van der Waals surface area contributed by atoms with Crippen LogP contribution in [0.1, 0.15) is 13.3 Å². The highest BCUT2D eigenvalue weighted by molar-refractivity contribution is 6.03. The molecule has 0 aliphatic rings. The maximum atomic E-state index is 11.7. The van der Waals surface area contributed by atoms with Gasteiger partial charge in [-0.1, -0.05) is 43.3 Å². The second-order valence-corrected chi connectivity index (χ2v) is 3.80. The molecule has 16 heavy (non-hydrogen) atoms. The standard InChI is InChI=1S/C14H15NO/c1-3-14(16)15(2)13-10-6-8-11-7-4-5-9-12(11)13/h4-10H,3H2,1-2H3. The summed E-state index contributed by atoms with van der Waals surface area (Å²) in [5.74, 6) is 0.136. The highest BCUT2D eigenvalue weighted by Crippen LogP contribution is 2.25. The minimum atomic E-state index is 0.136. The van der Waals surface area contributed by atoms with Crippen molar-refractivity contribution in [2.75, 3.05) is 11.9 Å². The first-order valence-electron chi connectivity index (χ1n) is 5.48. The first-order valence-corrected chi connectivity index (χ1v) is 5.48. The van der Waals surface area contributed by atoms with Crippen LogP contribution in [0.25, 0.3) is 10.8 Å². The van der Waals surface area contributed by atoms with E-state index in [0.717, 1.165) is 16.5 Å². The average molecular weight is 213 g/mol. The van der Waals surface area contributed by atoms with Gasteiger partial charge in [-0.2, -0.15) is 0 Å². The number of nitrogens with zero attached hydrogens (tertiary/aromatic N) is 1. The van der Waals surface area contributed by atoms with Gasteiger partial charge >= 0.3 is 0 Å². The summed E-state index contributed by atoms with van der Waals surface area (Å²) in [5.41, 5.74) is 0.977. The third kappa shape index (κ3) is 1.78. The summed E-state index contributed by atoms with van der Waals surface area (Å²) < 4.78 is 0. The molecule has 0 heterocycles. The third-order valence-corrected chi connectivity index (χ3v) is 2.80. The molecule has 2 rings (SSSR count). The Hall–Kier alpha value is -1.83. The number of amides is 1. The second kappa shape index (κ2) is 4.35. The summed E-state index contributed by atoms with van der Waals surface area (Å²) in [4.78, 5) is 13.4. The Balaban J connectivity index is 2.56. The predicted molar refractivity (Wildman–Crippen MR) is 67.6 cm³/mol. The zero-order valence-corrected chi connectivity index (χ0v) is 9.60. The van der Waals surface area contributed by atoms with E-state index in [4.69, 9.17) is 0 Å². The van der Waals surface area contributed by atoms with E-state index in [9.17, 15) is 4.79 Å². The van der Waals surface area contributed by atoms with E-state index in [1.807, 2.05) is 44.3 Å². The van der Waals surface area contributed by atoms with Crippen molar-refractivity contribution >= 4 is 22.4 Å². The number of rotatable bonds is 2. The van der Waals surface area contributed by atoms with Crippen molar-refractivity contribution in [2.24, 2.45) is 0 Å². The highest BCUT2D eigenvalue weighted by atomic mass is 16.2. The monoisotopic (exact) mass is 213 g/mol. The summed E-state index contributed by atoms with van der Waals surface area (Å²) in [6, 6.07) is 14.1. The molecular weight excluding hydrogens is 198 g/mol. The molecule has 0 unspecified atom stereocenters. The van der Waals surface area contributed by atoms with E-state index in [1.54, 1.807) is 4.90 Å². The fourth-order valence-corrected chi connectivity index (χ4v) is 1.87.